The van der Waals surface area contributed by atoms with Gasteiger partial charge in [0.15, 0.2) is 0 Å². The Hall–Kier alpha value is -2.47. The minimum absolute atomic E-state index is 0.0430. The Morgan fingerprint density at radius 1 is 0.867 bits per heavy atom. The van der Waals surface area contributed by atoms with Gasteiger partial charge in [-0.05, 0) is 53.8 Å². The molecule has 2 fully saturated rings. The second kappa shape index (κ2) is 7.34. The fourth-order valence-corrected chi connectivity index (χ4v) is 6.96. The Bertz CT molecular complexity index is 1180. The van der Waals surface area contributed by atoms with Gasteiger partial charge in [0.25, 0.3) is 0 Å². The predicted molar refractivity (Wildman–Crippen MR) is 120 cm³/mol. The third kappa shape index (κ3) is 3.09. The number of piperazine rings is 1. The number of aryl methyl sites for hydroxylation is 2. The molecule has 0 aliphatic carbocycles. The SMILES string of the molecule is Cc1cccc(S(=O)(=O)N2[C@@H]3CNC[C@H]2C3c2ccc(-c3ccccc3C)cc2)c1. The zero-order valence-electron chi connectivity index (χ0n) is 17.2. The first-order chi connectivity index (χ1) is 14.5. The van der Waals surface area contributed by atoms with Crippen molar-refractivity contribution in [3.63, 3.8) is 0 Å². The van der Waals surface area contributed by atoms with Crippen LogP contribution in [0.4, 0.5) is 0 Å². The molecule has 0 spiro atoms. The van der Waals surface area contributed by atoms with Crippen LogP contribution in [0.25, 0.3) is 11.1 Å². The van der Waals surface area contributed by atoms with Crippen molar-refractivity contribution in [3.05, 3.63) is 89.5 Å². The summed E-state index contributed by atoms with van der Waals surface area (Å²) < 4.78 is 28.4. The first-order valence-corrected chi connectivity index (χ1v) is 11.9. The first kappa shape index (κ1) is 19.5. The van der Waals surface area contributed by atoms with Gasteiger partial charge in [-0.15, -0.1) is 0 Å². The van der Waals surface area contributed by atoms with E-state index in [-0.39, 0.29) is 18.0 Å². The third-order valence-electron chi connectivity index (χ3n) is 6.51. The van der Waals surface area contributed by atoms with E-state index >= 15 is 0 Å². The summed E-state index contributed by atoms with van der Waals surface area (Å²) in [5, 5.41) is 3.39. The van der Waals surface area contributed by atoms with Crippen LogP contribution in [0.1, 0.15) is 22.6 Å². The predicted octanol–water partition coefficient (Wildman–Crippen LogP) is 4.10. The van der Waals surface area contributed by atoms with E-state index in [0.29, 0.717) is 18.0 Å². The van der Waals surface area contributed by atoms with E-state index in [1.807, 2.05) is 19.1 Å². The van der Waals surface area contributed by atoms with Gasteiger partial charge in [-0.3, -0.25) is 0 Å². The molecule has 2 bridgehead atoms. The van der Waals surface area contributed by atoms with Gasteiger partial charge in [0.2, 0.25) is 10.0 Å². The molecule has 1 N–H and O–H groups in total. The van der Waals surface area contributed by atoms with Gasteiger partial charge in [0.05, 0.1) is 4.90 Å². The fourth-order valence-electron chi connectivity index (χ4n) is 5.01. The van der Waals surface area contributed by atoms with Crippen LogP contribution in [0.5, 0.6) is 0 Å². The van der Waals surface area contributed by atoms with Gasteiger partial charge in [-0.25, -0.2) is 8.42 Å². The Balaban J connectivity index is 1.43. The lowest BCUT2D eigenvalue weighted by Crippen LogP contribution is -2.73. The highest BCUT2D eigenvalue weighted by molar-refractivity contribution is 7.89. The lowest BCUT2D eigenvalue weighted by molar-refractivity contribution is 0.0370. The summed E-state index contributed by atoms with van der Waals surface area (Å²) in [5.74, 6) is 0.233. The van der Waals surface area contributed by atoms with Crippen LogP contribution in [0, 0.1) is 13.8 Å². The van der Waals surface area contributed by atoms with E-state index in [9.17, 15) is 8.42 Å². The Morgan fingerprint density at radius 3 is 2.23 bits per heavy atom. The molecule has 5 rings (SSSR count). The largest absolute Gasteiger partial charge is 0.313 e. The van der Waals surface area contributed by atoms with Gasteiger partial charge in [0.1, 0.15) is 0 Å². The van der Waals surface area contributed by atoms with Gasteiger partial charge in [0, 0.05) is 31.1 Å². The van der Waals surface area contributed by atoms with Crippen LogP contribution in [0.2, 0.25) is 0 Å². The molecule has 30 heavy (non-hydrogen) atoms. The number of piperidine rings is 1. The number of rotatable bonds is 4. The fraction of sp³-hybridized carbons (Fsp3) is 0.280. The molecule has 2 saturated heterocycles. The lowest BCUT2D eigenvalue weighted by Gasteiger charge is -2.57. The van der Waals surface area contributed by atoms with E-state index in [4.69, 9.17) is 0 Å². The summed E-state index contributed by atoms with van der Waals surface area (Å²) in [7, 11) is -3.49. The number of sulfonamides is 1. The van der Waals surface area contributed by atoms with E-state index in [1.165, 1.54) is 22.3 Å². The number of nitrogens with one attached hydrogen (secondary N) is 1. The molecule has 0 radical (unpaired) electrons. The van der Waals surface area contributed by atoms with E-state index in [1.54, 1.807) is 16.4 Å². The van der Waals surface area contributed by atoms with Crippen molar-refractivity contribution >= 4 is 10.0 Å². The summed E-state index contributed by atoms with van der Waals surface area (Å²) in [4.78, 5) is 0.396. The van der Waals surface area contributed by atoms with Crippen LogP contribution in [0.3, 0.4) is 0 Å². The highest BCUT2D eigenvalue weighted by Gasteiger charge is 2.56. The van der Waals surface area contributed by atoms with Crippen LogP contribution in [-0.2, 0) is 10.0 Å². The van der Waals surface area contributed by atoms with Crippen LogP contribution >= 0.6 is 0 Å². The number of nitrogens with zero attached hydrogens (tertiary/aromatic N) is 1. The van der Waals surface area contributed by atoms with Crippen molar-refractivity contribution in [1.82, 2.24) is 9.62 Å². The molecular weight excluding hydrogens is 392 g/mol. The number of fused-ring (bicyclic) bond motifs is 2. The average molecular weight is 419 g/mol. The summed E-state index contributed by atoms with van der Waals surface area (Å²) in [6.07, 6.45) is 0. The van der Waals surface area contributed by atoms with E-state index in [0.717, 1.165) is 5.56 Å². The molecule has 2 aliphatic rings. The Kier molecular flexibility index (Phi) is 4.77. The molecule has 5 heteroatoms. The molecule has 3 aromatic rings. The van der Waals surface area contributed by atoms with Crippen LogP contribution in [-0.4, -0.2) is 37.9 Å². The molecule has 3 aromatic carbocycles. The van der Waals surface area contributed by atoms with Crippen molar-refractivity contribution < 1.29 is 8.42 Å². The second-order valence-corrected chi connectivity index (χ2v) is 10.3. The van der Waals surface area contributed by atoms with E-state index < -0.39 is 10.0 Å². The second-order valence-electron chi connectivity index (χ2n) is 8.41. The maximum Gasteiger partial charge on any atom is 0.243 e. The van der Waals surface area contributed by atoms with Gasteiger partial charge in [-0.2, -0.15) is 4.31 Å². The monoisotopic (exact) mass is 418 g/mol. The summed E-state index contributed by atoms with van der Waals surface area (Å²) in [6, 6.07) is 24.2. The van der Waals surface area contributed by atoms with Crippen LogP contribution < -0.4 is 5.32 Å². The first-order valence-electron chi connectivity index (χ1n) is 10.4. The van der Waals surface area contributed by atoms with Crippen molar-refractivity contribution in [2.45, 2.75) is 36.7 Å². The summed E-state index contributed by atoms with van der Waals surface area (Å²) in [5.41, 5.74) is 5.88. The van der Waals surface area contributed by atoms with Crippen LogP contribution in [0.15, 0.2) is 77.7 Å². The molecule has 2 aliphatic heterocycles. The lowest BCUT2D eigenvalue weighted by atomic mass is 9.74. The molecule has 0 amide bonds. The highest BCUT2D eigenvalue weighted by Crippen LogP contribution is 2.46. The smallest absolute Gasteiger partial charge is 0.243 e. The molecule has 0 saturated carbocycles. The normalized spacial score (nSPS) is 23.7. The molecule has 154 valence electrons. The van der Waals surface area contributed by atoms with Crippen molar-refractivity contribution in [2.75, 3.05) is 13.1 Å². The number of hydrogen-bond donors (Lipinski definition) is 1. The summed E-state index contributed by atoms with van der Waals surface area (Å²) >= 11 is 0. The standard InChI is InChI=1S/C25H26N2O2S/c1-17-6-5-8-21(14-17)30(28,29)27-23-15-26-16-24(27)25(23)20-12-10-19(11-13-20)22-9-4-3-7-18(22)2/h3-14,23-26H,15-16H2,1-2H3/t23-,24+,25?. The number of hydrogen-bond acceptors (Lipinski definition) is 3. The Morgan fingerprint density at radius 2 is 1.57 bits per heavy atom. The molecule has 1 unspecified atom stereocenters. The Labute approximate surface area is 178 Å². The zero-order valence-corrected chi connectivity index (χ0v) is 18.1. The zero-order chi connectivity index (χ0) is 20.9. The molecule has 0 aromatic heterocycles. The quantitative estimate of drug-likeness (QED) is 0.694. The summed E-state index contributed by atoms with van der Waals surface area (Å²) in [6.45, 7) is 5.42. The maximum atomic E-state index is 13.3. The van der Waals surface area contributed by atoms with Gasteiger partial charge in [-0.1, -0.05) is 60.7 Å². The van der Waals surface area contributed by atoms with Crippen molar-refractivity contribution in [2.24, 2.45) is 0 Å². The molecule has 2 heterocycles. The maximum absolute atomic E-state index is 13.3. The average Bonchev–Trinajstić information content (AvgIpc) is 2.75. The van der Waals surface area contributed by atoms with Crippen molar-refractivity contribution in [1.29, 1.82) is 0 Å². The molecule has 4 nitrogen and oxygen atoms in total. The molecule has 3 atom stereocenters. The number of benzene rings is 3. The van der Waals surface area contributed by atoms with Crippen molar-refractivity contribution in [3.8, 4) is 11.1 Å². The third-order valence-corrected chi connectivity index (χ3v) is 8.45. The topological polar surface area (TPSA) is 49.4 Å². The van der Waals surface area contributed by atoms with Gasteiger partial charge < -0.3 is 5.32 Å². The minimum Gasteiger partial charge on any atom is -0.313 e. The van der Waals surface area contributed by atoms with Gasteiger partial charge >= 0.3 is 0 Å². The van der Waals surface area contributed by atoms with E-state index in [2.05, 4.69) is 60.8 Å². The highest BCUT2D eigenvalue weighted by atomic mass is 32.2. The minimum atomic E-state index is -3.49. The molecular formula is C25H26N2O2S.